The van der Waals surface area contributed by atoms with Crippen LogP contribution in [0.5, 0.6) is 0 Å². The summed E-state index contributed by atoms with van der Waals surface area (Å²) < 4.78 is 0. The summed E-state index contributed by atoms with van der Waals surface area (Å²) in [6.45, 7) is 16.5. The quantitative estimate of drug-likeness (QED) is 0.486. The van der Waals surface area contributed by atoms with E-state index in [1.165, 1.54) is 0 Å². The number of rotatable bonds is 9. The van der Waals surface area contributed by atoms with Crippen LogP contribution in [0.3, 0.4) is 0 Å². The number of pyridine rings is 2. The molecule has 0 aromatic carbocycles. The van der Waals surface area contributed by atoms with Crippen molar-refractivity contribution in [1.29, 1.82) is 0 Å². The molecule has 0 fully saturated rings. The Morgan fingerprint density at radius 2 is 1.90 bits per heavy atom. The number of anilines is 1. The molecule has 0 saturated carbocycles. The Morgan fingerprint density at radius 3 is 2.57 bits per heavy atom. The van der Waals surface area contributed by atoms with Crippen LogP contribution >= 0.6 is 0 Å². The highest BCUT2D eigenvalue weighted by Crippen LogP contribution is 2.32. The Hall–Kier alpha value is -4.12. The maximum atomic E-state index is 4.77. The van der Waals surface area contributed by atoms with Gasteiger partial charge < -0.3 is 5.32 Å². The maximum Gasteiger partial charge on any atom is 0.163 e. The molecule has 0 bridgehead atoms. The molecule has 0 aliphatic rings. The summed E-state index contributed by atoms with van der Waals surface area (Å²) in [7, 11) is 0. The van der Waals surface area contributed by atoms with E-state index in [2.05, 4.69) is 46.6 Å². The van der Waals surface area contributed by atoms with Crippen LogP contribution < -0.4 is 5.32 Å². The largest absolute Gasteiger partial charge is 0.364 e. The zero-order chi connectivity index (χ0) is 21.3. The molecule has 0 unspecified atom stereocenters. The van der Waals surface area contributed by atoms with E-state index in [1.807, 2.05) is 42.5 Å². The Labute approximate surface area is 177 Å². The molecule has 148 valence electrons. The first-order valence-electron chi connectivity index (χ1n) is 9.40. The highest BCUT2D eigenvalue weighted by Gasteiger charge is 2.17. The topological polar surface area (TPSA) is 63.6 Å². The van der Waals surface area contributed by atoms with Gasteiger partial charge in [0, 0.05) is 29.7 Å². The van der Waals surface area contributed by atoms with E-state index in [-0.39, 0.29) is 0 Å². The van der Waals surface area contributed by atoms with Gasteiger partial charge >= 0.3 is 0 Å². The van der Waals surface area contributed by atoms with Crippen LogP contribution in [-0.2, 0) is 6.54 Å². The Bertz CT molecular complexity index is 1100. The number of nitrogens with one attached hydrogen (secondary N) is 1. The molecule has 0 aliphatic carbocycles. The highest BCUT2D eigenvalue weighted by atomic mass is 15.0. The minimum Gasteiger partial charge on any atom is -0.364 e. The predicted molar refractivity (Wildman–Crippen MR) is 124 cm³/mol. The summed E-state index contributed by atoms with van der Waals surface area (Å²) in [6.07, 6.45) is 12.2. The second-order valence-corrected chi connectivity index (χ2v) is 6.38. The third kappa shape index (κ3) is 4.83. The van der Waals surface area contributed by atoms with Gasteiger partial charge in [0.1, 0.15) is 5.82 Å². The van der Waals surface area contributed by atoms with Gasteiger partial charge in [0.2, 0.25) is 0 Å². The second-order valence-electron chi connectivity index (χ2n) is 6.38. The van der Waals surface area contributed by atoms with Crippen molar-refractivity contribution in [3.05, 3.63) is 116 Å². The summed E-state index contributed by atoms with van der Waals surface area (Å²) in [5.41, 5.74) is 4.53. The van der Waals surface area contributed by atoms with Gasteiger partial charge in [-0.2, -0.15) is 0 Å². The number of hydrogen-bond donors (Lipinski definition) is 1. The minimum atomic E-state index is 0.496. The van der Waals surface area contributed by atoms with Crippen molar-refractivity contribution >= 4 is 17.5 Å². The van der Waals surface area contributed by atoms with Crippen LogP contribution in [0.2, 0.25) is 0 Å². The van der Waals surface area contributed by atoms with E-state index >= 15 is 0 Å². The standard InChI is InChI=1S/C25H23N5/c1-5-7-11-18(3)19(4)23-22(6-2)29-24(20-12-10-14-26-16-20)30-25(23)28-17-21-13-8-9-15-27-21/h5-16H,1-4,17H2,(H,28,29,30)/b11-7-. The molecule has 0 aliphatic heterocycles. The van der Waals surface area contributed by atoms with Gasteiger partial charge in [-0.05, 0) is 41.5 Å². The molecule has 3 aromatic heterocycles. The van der Waals surface area contributed by atoms with E-state index in [1.54, 1.807) is 30.7 Å². The van der Waals surface area contributed by atoms with Gasteiger partial charge in [-0.3, -0.25) is 9.97 Å². The van der Waals surface area contributed by atoms with Crippen LogP contribution in [0.25, 0.3) is 23.0 Å². The van der Waals surface area contributed by atoms with Crippen molar-refractivity contribution in [2.45, 2.75) is 6.54 Å². The molecular formula is C25H23N5. The van der Waals surface area contributed by atoms with E-state index in [9.17, 15) is 0 Å². The van der Waals surface area contributed by atoms with Gasteiger partial charge in [-0.25, -0.2) is 9.97 Å². The molecule has 0 amide bonds. The van der Waals surface area contributed by atoms with E-state index in [0.717, 1.165) is 22.4 Å². The third-order valence-corrected chi connectivity index (χ3v) is 4.34. The van der Waals surface area contributed by atoms with E-state index in [0.29, 0.717) is 29.5 Å². The number of aromatic nitrogens is 4. The first kappa shape index (κ1) is 20.6. The van der Waals surface area contributed by atoms with Gasteiger partial charge in [-0.1, -0.05) is 50.6 Å². The molecule has 0 atom stereocenters. The summed E-state index contributed by atoms with van der Waals surface area (Å²) in [6, 6.07) is 9.54. The first-order chi connectivity index (χ1) is 14.6. The first-order valence-corrected chi connectivity index (χ1v) is 9.40. The van der Waals surface area contributed by atoms with Gasteiger partial charge in [-0.15, -0.1) is 0 Å². The van der Waals surface area contributed by atoms with Crippen molar-refractivity contribution in [2.75, 3.05) is 5.32 Å². The minimum absolute atomic E-state index is 0.496. The second kappa shape index (κ2) is 9.89. The van der Waals surface area contributed by atoms with Crippen LogP contribution in [0, 0.1) is 0 Å². The molecule has 5 nitrogen and oxygen atoms in total. The molecule has 0 saturated heterocycles. The molecule has 3 rings (SSSR count). The smallest absolute Gasteiger partial charge is 0.163 e. The third-order valence-electron chi connectivity index (χ3n) is 4.34. The zero-order valence-corrected chi connectivity index (χ0v) is 16.8. The SMILES string of the molecule is C=C/C=C\C(=C)C(=C)c1c(C=C)nc(-c2cccnc2)nc1NCc1ccccn1. The van der Waals surface area contributed by atoms with Gasteiger partial charge in [0.15, 0.2) is 5.82 Å². The predicted octanol–water partition coefficient (Wildman–Crippen LogP) is 5.50. The van der Waals surface area contributed by atoms with Crippen molar-refractivity contribution in [1.82, 2.24) is 19.9 Å². The summed E-state index contributed by atoms with van der Waals surface area (Å²) in [4.78, 5) is 18.0. The Morgan fingerprint density at radius 1 is 1.03 bits per heavy atom. The number of hydrogen-bond acceptors (Lipinski definition) is 5. The fraction of sp³-hybridized carbons (Fsp3) is 0.0400. The monoisotopic (exact) mass is 393 g/mol. The summed E-state index contributed by atoms with van der Waals surface area (Å²) in [5, 5.41) is 3.38. The van der Waals surface area contributed by atoms with Crippen LogP contribution in [-0.4, -0.2) is 19.9 Å². The molecular weight excluding hydrogens is 370 g/mol. The van der Waals surface area contributed by atoms with Crippen molar-refractivity contribution in [3.63, 3.8) is 0 Å². The lowest BCUT2D eigenvalue weighted by Gasteiger charge is -2.17. The van der Waals surface area contributed by atoms with Crippen molar-refractivity contribution in [2.24, 2.45) is 0 Å². The van der Waals surface area contributed by atoms with Crippen LogP contribution in [0.1, 0.15) is 17.0 Å². The Balaban J connectivity index is 2.09. The van der Waals surface area contributed by atoms with Gasteiger partial charge in [0.25, 0.3) is 0 Å². The molecule has 5 heteroatoms. The maximum absolute atomic E-state index is 4.77. The Kier molecular flexibility index (Phi) is 6.79. The fourth-order valence-electron chi connectivity index (χ4n) is 2.80. The number of allylic oxidation sites excluding steroid dienone is 5. The normalized spacial score (nSPS) is 10.5. The molecule has 1 N–H and O–H groups in total. The average molecular weight is 393 g/mol. The van der Waals surface area contributed by atoms with Crippen LogP contribution in [0.15, 0.2) is 99.0 Å². The molecule has 3 aromatic rings. The number of nitrogens with zero attached hydrogens (tertiary/aromatic N) is 4. The van der Waals surface area contributed by atoms with E-state index < -0.39 is 0 Å². The van der Waals surface area contributed by atoms with Gasteiger partial charge in [0.05, 0.1) is 17.9 Å². The molecule has 3 heterocycles. The average Bonchev–Trinajstić information content (AvgIpc) is 2.81. The van der Waals surface area contributed by atoms with Crippen molar-refractivity contribution in [3.8, 4) is 11.4 Å². The molecule has 30 heavy (non-hydrogen) atoms. The van der Waals surface area contributed by atoms with E-state index in [4.69, 9.17) is 4.98 Å². The lowest BCUT2D eigenvalue weighted by Crippen LogP contribution is -2.10. The van der Waals surface area contributed by atoms with Crippen LogP contribution in [0.4, 0.5) is 5.82 Å². The van der Waals surface area contributed by atoms with Crippen molar-refractivity contribution < 1.29 is 0 Å². The zero-order valence-electron chi connectivity index (χ0n) is 16.8. The molecule has 0 radical (unpaired) electrons. The molecule has 0 spiro atoms. The lowest BCUT2D eigenvalue weighted by molar-refractivity contribution is 1.02. The summed E-state index contributed by atoms with van der Waals surface area (Å²) in [5.74, 6) is 1.17. The lowest BCUT2D eigenvalue weighted by atomic mass is 9.98. The summed E-state index contributed by atoms with van der Waals surface area (Å²) >= 11 is 0. The highest BCUT2D eigenvalue weighted by molar-refractivity contribution is 5.89. The fourth-order valence-corrected chi connectivity index (χ4v) is 2.80.